The number of amides is 2. The third kappa shape index (κ3) is 4.20. The highest BCUT2D eigenvalue weighted by Gasteiger charge is 2.14. The van der Waals surface area contributed by atoms with Gasteiger partial charge in [-0.2, -0.15) is 9.64 Å². The van der Waals surface area contributed by atoms with Crippen LogP contribution in [0.4, 0.5) is 15.6 Å². The number of nitriles is 1. The number of carbonyl (C=O) groups is 1. The lowest BCUT2D eigenvalue weighted by Gasteiger charge is -2.04. The first-order valence-corrected chi connectivity index (χ1v) is 7.68. The number of aromatic nitrogens is 1. The molecule has 2 aromatic rings. The zero-order chi connectivity index (χ0) is 15.8. The lowest BCUT2D eigenvalue weighted by Crippen LogP contribution is -2.24. The van der Waals surface area contributed by atoms with Crippen molar-refractivity contribution < 1.29 is 4.79 Å². The van der Waals surface area contributed by atoms with Crippen LogP contribution in [-0.4, -0.2) is 24.0 Å². The van der Waals surface area contributed by atoms with Gasteiger partial charge in [0.2, 0.25) is 0 Å². The molecule has 0 spiro atoms. The van der Waals surface area contributed by atoms with Gasteiger partial charge in [-0.05, 0) is 29.9 Å². The van der Waals surface area contributed by atoms with Crippen molar-refractivity contribution in [2.45, 2.75) is 12.8 Å². The molecule has 1 aromatic heterocycles. The molecule has 0 aliphatic carbocycles. The summed E-state index contributed by atoms with van der Waals surface area (Å²) in [4.78, 5) is 11.3. The quantitative estimate of drug-likeness (QED) is 0.715. The molecule has 22 heavy (non-hydrogen) atoms. The monoisotopic (exact) mass is 315 g/mol. The topological polar surface area (TPSA) is 89.8 Å². The molecule has 0 aliphatic heterocycles. The average Bonchev–Trinajstić information content (AvgIpc) is 2.94. The van der Waals surface area contributed by atoms with E-state index in [2.05, 4.69) is 38.5 Å². The summed E-state index contributed by atoms with van der Waals surface area (Å²) in [5.41, 5.74) is 1.65. The van der Waals surface area contributed by atoms with Crippen LogP contribution >= 0.6 is 11.5 Å². The van der Waals surface area contributed by atoms with Crippen molar-refractivity contribution in [3.05, 3.63) is 41.5 Å². The van der Waals surface area contributed by atoms with Gasteiger partial charge in [0.25, 0.3) is 0 Å². The van der Waals surface area contributed by atoms with Crippen molar-refractivity contribution in [1.82, 2.24) is 9.69 Å². The van der Waals surface area contributed by atoms with E-state index in [9.17, 15) is 10.1 Å². The minimum absolute atomic E-state index is 0.365. The first-order chi connectivity index (χ1) is 10.7. The molecule has 0 atom stereocenters. The summed E-state index contributed by atoms with van der Waals surface area (Å²) in [6, 6.07) is 11.9. The van der Waals surface area contributed by atoms with Crippen molar-refractivity contribution in [2.75, 3.05) is 24.2 Å². The molecule has 0 bridgehead atoms. The summed E-state index contributed by atoms with van der Waals surface area (Å²) in [6.07, 6.45) is 1.90. The normalized spacial score (nSPS) is 9.82. The Morgan fingerprint density at radius 2 is 2.14 bits per heavy atom. The first-order valence-electron chi connectivity index (χ1n) is 6.91. The maximum atomic E-state index is 11.3. The minimum atomic E-state index is -0.365. The smallest absolute Gasteiger partial charge is 0.319 e. The molecule has 2 amide bonds. The third-order valence-electron chi connectivity index (χ3n) is 3.04. The number of rotatable bonds is 6. The van der Waals surface area contributed by atoms with Gasteiger partial charge in [0.15, 0.2) is 5.82 Å². The maximum absolute atomic E-state index is 11.3. The molecule has 0 saturated heterocycles. The van der Waals surface area contributed by atoms with E-state index >= 15 is 0 Å². The van der Waals surface area contributed by atoms with Crippen molar-refractivity contribution in [2.24, 2.45) is 0 Å². The van der Waals surface area contributed by atoms with Crippen LogP contribution < -0.4 is 16.0 Å². The van der Waals surface area contributed by atoms with Gasteiger partial charge in [-0.3, -0.25) is 5.32 Å². The molecule has 114 valence electrons. The van der Waals surface area contributed by atoms with Gasteiger partial charge in [0.1, 0.15) is 16.6 Å². The fraction of sp³-hybridized carbons (Fsp3) is 0.267. The molecular weight excluding hydrogens is 298 g/mol. The summed E-state index contributed by atoms with van der Waals surface area (Å²) in [7, 11) is 1.52. The van der Waals surface area contributed by atoms with E-state index in [0.29, 0.717) is 22.9 Å². The largest absolute Gasteiger partial charge is 0.368 e. The Balaban J connectivity index is 1.88. The van der Waals surface area contributed by atoms with E-state index in [4.69, 9.17) is 0 Å². The van der Waals surface area contributed by atoms with Gasteiger partial charge in [-0.1, -0.05) is 30.3 Å². The molecular formula is C15H17N5OS. The number of anilines is 2. The van der Waals surface area contributed by atoms with E-state index in [-0.39, 0.29) is 6.03 Å². The van der Waals surface area contributed by atoms with Crippen LogP contribution in [0.5, 0.6) is 0 Å². The molecule has 1 heterocycles. The highest BCUT2D eigenvalue weighted by molar-refractivity contribution is 7.11. The zero-order valence-corrected chi connectivity index (χ0v) is 13.0. The SMILES string of the molecule is CNC(=O)Nc1snc(NCCCc2ccccc2)c1C#N. The van der Waals surface area contributed by atoms with Gasteiger partial charge < -0.3 is 10.6 Å². The van der Waals surface area contributed by atoms with Gasteiger partial charge in [0.05, 0.1) is 0 Å². The zero-order valence-electron chi connectivity index (χ0n) is 12.2. The Morgan fingerprint density at radius 1 is 1.36 bits per heavy atom. The van der Waals surface area contributed by atoms with Gasteiger partial charge in [-0.15, -0.1) is 0 Å². The highest BCUT2D eigenvalue weighted by atomic mass is 32.1. The number of aryl methyl sites for hydroxylation is 1. The standard InChI is InChI=1S/C15H17N5OS/c1-17-15(21)19-14-12(10-16)13(20-22-14)18-9-5-8-11-6-3-2-4-7-11/h2-4,6-7H,5,8-9H2,1H3,(H,18,20)(H2,17,19,21). The maximum Gasteiger partial charge on any atom is 0.319 e. The summed E-state index contributed by atoms with van der Waals surface area (Å²) in [5.74, 6) is 0.520. The van der Waals surface area contributed by atoms with Gasteiger partial charge >= 0.3 is 6.03 Å². The fourth-order valence-electron chi connectivity index (χ4n) is 1.91. The summed E-state index contributed by atoms with van der Waals surface area (Å²) < 4.78 is 4.18. The summed E-state index contributed by atoms with van der Waals surface area (Å²) >= 11 is 1.09. The lowest BCUT2D eigenvalue weighted by molar-refractivity contribution is 0.254. The second-order valence-corrected chi connectivity index (χ2v) is 5.34. The Kier molecular flexibility index (Phi) is 5.74. The Morgan fingerprint density at radius 3 is 2.82 bits per heavy atom. The number of nitrogens with zero attached hydrogens (tertiary/aromatic N) is 2. The Bertz CT molecular complexity index is 662. The highest BCUT2D eigenvalue weighted by Crippen LogP contribution is 2.27. The Hall–Kier alpha value is -2.59. The minimum Gasteiger partial charge on any atom is -0.368 e. The molecule has 7 heteroatoms. The molecule has 2 rings (SSSR count). The third-order valence-corrected chi connectivity index (χ3v) is 3.80. The number of hydrogen-bond acceptors (Lipinski definition) is 5. The molecule has 0 fully saturated rings. The molecule has 0 aliphatic rings. The van der Waals surface area contributed by atoms with Gasteiger partial charge in [-0.25, -0.2) is 4.79 Å². The van der Waals surface area contributed by atoms with Crippen molar-refractivity contribution >= 4 is 28.4 Å². The molecule has 0 saturated carbocycles. The number of carbonyl (C=O) groups excluding carboxylic acids is 1. The van der Waals surface area contributed by atoms with E-state index < -0.39 is 0 Å². The second-order valence-electron chi connectivity index (χ2n) is 4.57. The summed E-state index contributed by atoms with van der Waals surface area (Å²) in [5, 5.41) is 17.9. The number of benzene rings is 1. The predicted octanol–water partition coefficient (Wildman–Crippen LogP) is 2.81. The van der Waals surface area contributed by atoms with Crippen LogP contribution in [0.15, 0.2) is 30.3 Å². The number of hydrogen-bond donors (Lipinski definition) is 3. The van der Waals surface area contributed by atoms with E-state index in [1.807, 2.05) is 18.2 Å². The van der Waals surface area contributed by atoms with Crippen LogP contribution in [0, 0.1) is 11.3 Å². The van der Waals surface area contributed by atoms with Crippen molar-refractivity contribution in [1.29, 1.82) is 5.26 Å². The number of urea groups is 1. The van der Waals surface area contributed by atoms with Crippen LogP contribution in [0.3, 0.4) is 0 Å². The number of nitrogens with one attached hydrogen (secondary N) is 3. The van der Waals surface area contributed by atoms with Gasteiger partial charge in [0, 0.05) is 13.6 Å². The molecule has 3 N–H and O–H groups in total. The molecule has 1 aromatic carbocycles. The molecule has 0 unspecified atom stereocenters. The molecule has 0 radical (unpaired) electrons. The fourth-order valence-corrected chi connectivity index (χ4v) is 2.62. The summed E-state index contributed by atoms with van der Waals surface area (Å²) in [6.45, 7) is 0.715. The van der Waals surface area contributed by atoms with Crippen molar-refractivity contribution in [3.63, 3.8) is 0 Å². The van der Waals surface area contributed by atoms with Crippen LogP contribution in [0.1, 0.15) is 17.5 Å². The predicted molar refractivity (Wildman–Crippen MR) is 88.2 cm³/mol. The molecule has 6 nitrogen and oxygen atoms in total. The average molecular weight is 315 g/mol. The van der Waals surface area contributed by atoms with E-state index in [1.54, 1.807) is 0 Å². The van der Waals surface area contributed by atoms with Crippen LogP contribution in [-0.2, 0) is 6.42 Å². The van der Waals surface area contributed by atoms with E-state index in [1.165, 1.54) is 12.6 Å². The lowest BCUT2D eigenvalue weighted by atomic mass is 10.1. The van der Waals surface area contributed by atoms with E-state index in [0.717, 1.165) is 24.4 Å². The van der Waals surface area contributed by atoms with Crippen molar-refractivity contribution in [3.8, 4) is 6.07 Å². The Labute approximate surface area is 133 Å². The first kappa shape index (κ1) is 15.8. The second kappa shape index (κ2) is 8.00. The van der Waals surface area contributed by atoms with Crippen LogP contribution in [0.2, 0.25) is 0 Å². The van der Waals surface area contributed by atoms with Crippen LogP contribution in [0.25, 0.3) is 0 Å².